The molecule has 1 aromatic carbocycles. The van der Waals surface area contributed by atoms with Crippen LogP contribution in [-0.4, -0.2) is 19.6 Å². The number of nitrogen functional groups attached to an aromatic ring is 1. The second-order valence-corrected chi connectivity index (χ2v) is 4.69. The first-order valence-corrected chi connectivity index (χ1v) is 6.45. The highest BCUT2D eigenvalue weighted by atomic mass is 16.5. The molecular formula is C14H20N2O2. The van der Waals surface area contributed by atoms with Gasteiger partial charge >= 0.3 is 0 Å². The summed E-state index contributed by atoms with van der Waals surface area (Å²) >= 11 is 0. The van der Waals surface area contributed by atoms with Crippen molar-refractivity contribution in [3.8, 4) is 5.75 Å². The molecule has 0 aliphatic carbocycles. The molecule has 0 aromatic heterocycles. The van der Waals surface area contributed by atoms with Crippen molar-refractivity contribution < 1.29 is 9.53 Å². The van der Waals surface area contributed by atoms with Crippen LogP contribution in [0.4, 0.5) is 11.4 Å². The largest absolute Gasteiger partial charge is 0.489 e. The summed E-state index contributed by atoms with van der Waals surface area (Å²) in [5.41, 5.74) is 8.61. The topological polar surface area (TPSA) is 55.6 Å². The van der Waals surface area contributed by atoms with Gasteiger partial charge in [-0.25, -0.2) is 0 Å². The van der Waals surface area contributed by atoms with Crippen LogP contribution in [0.15, 0.2) is 12.1 Å². The number of carbonyl (C=O) groups excluding carboxylic acids is 1. The molecule has 0 atom stereocenters. The number of anilines is 2. The van der Waals surface area contributed by atoms with Gasteiger partial charge in [0.25, 0.3) is 0 Å². The molecule has 0 radical (unpaired) electrons. The van der Waals surface area contributed by atoms with Crippen molar-refractivity contribution in [2.45, 2.75) is 32.6 Å². The van der Waals surface area contributed by atoms with Crippen LogP contribution in [0.1, 0.15) is 31.7 Å². The lowest BCUT2D eigenvalue weighted by atomic mass is 10.1. The second-order valence-electron chi connectivity index (χ2n) is 4.69. The van der Waals surface area contributed by atoms with Crippen molar-refractivity contribution >= 4 is 17.3 Å². The SMILES string of the molecule is CCCCc1cc(N)c2c(c1)N(C)C(=O)CCO2. The maximum Gasteiger partial charge on any atom is 0.230 e. The van der Waals surface area contributed by atoms with E-state index in [1.807, 2.05) is 12.1 Å². The van der Waals surface area contributed by atoms with Crippen molar-refractivity contribution in [2.75, 3.05) is 24.3 Å². The molecule has 1 amide bonds. The Balaban J connectivity index is 2.39. The van der Waals surface area contributed by atoms with Crippen molar-refractivity contribution in [3.63, 3.8) is 0 Å². The van der Waals surface area contributed by atoms with E-state index < -0.39 is 0 Å². The lowest BCUT2D eigenvalue weighted by Crippen LogP contribution is -2.25. The number of amides is 1. The van der Waals surface area contributed by atoms with E-state index in [9.17, 15) is 4.79 Å². The fourth-order valence-electron chi connectivity index (χ4n) is 2.17. The van der Waals surface area contributed by atoms with Gasteiger partial charge in [0.15, 0.2) is 5.75 Å². The van der Waals surface area contributed by atoms with Crippen molar-refractivity contribution in [2.24, 2.45) is 0 Å². The van der Waals surface area contributed by atoms with Gasteiger partial charge in [0.05, 0.1) is 24.4 Å². The summed E-state index contributed by atoms with van der Waals surface area (Å²) in [6.07, 6.45) is 3.64. The molecule has 0 bridgehead atoms. The number of nitrogens with zero attached hydrogens (tertiary/aromatic N) is 1. The Hall–Kier alpha value is -1.71. The summed E-state index contributed by atoms with van der Waals surface area (Å²) in [7, 11) is 1.78. The predicted molar refractivity (Wildman–Crippen MR) is 73.0 cm³/mol. The van der Waals surface area contributed by atoms with Gasteiger partial charge in [0.2, 0.25) is 5.91 Å². The molecule has 0 saturated heterocycles. The van der Waals surface area contributed by atoms with Crippen LogP contribution in [-0.2, 0) is 11.2 Å². The fourth-order valence-corrected chi connectivity index (χ4v) is 2.17. The van der Waals surface area contributed by atoms with E-state index in [2.05, 4.69) is 6.92 Å². The van der Waals surface area contributed by atoms with Crippen LogP contribution < -0.4 is 15.4 Å². The van der Waals surface area contributed by atoms with E-state index in [1.54, 1.807) is 11.9 Å². The van der Waals surface area contributed by atoms with E-state index in [4.69, 9.17) is 10.5 Å². The van der Waals surface area contributed by atoms with E-state index >= 15 is 0 Å². The number of benzene rings is 1. The standard InChI is InChI=1S/C14H20N2O2/c1-3-4-5-10-8-11(15)14-12(9-10)16(2)13(17)6-7-18-14/h8-9H,3-7,15H2,1-2H3. The Kier molecular flexibility index (Phi) is 3.75. The number of rotatable bonds is 3. The number of hydrogen-bond donors (Lipinski definition) is 1. The number of unbranched alkanes of at least 4 members (excludes halogenated alkanes) is 1. The molecule has 2 rings (SSSR count). The Morgan fingerprint density at radius 2 is 2.22 bits per heavy atom. The normalized spacial score (nSPS) is 15.0. The zero-order valence-electron chi connectivity index (χ0n) is 11.0. The van der Waals surface area contributed by atoms with Gasteiger partial charge in [0, 0.05) is 7.05 Å². The van der Waals surface area contributed by atoms with E-state index in [1.165, 1.54) is 5.56 Å². The van der Waals surface area contributed by atoms with Crippen LogP contribution in [0, 0.1) is 0 Å². The molecule has 2 N–H and O–H groups in total. The Morgan fingerprint density at radius 1 is 1.44 bits per heavy atom. The van der Waals surface area contributed by atoms with Crippen LogP contribution >= 0.6 is 0 Å². The highest BCUT2D eigenvalue weighted by Gasteiger charge is 2.22. The number of fused-ring (bicyclic) bond motifs is 1. The first-order valence-electron chi connectivity index (χ1n) is 6.45. The smallest absolute Gasteiger partial charge is 0.230 e. The molecule has 0 saturated carbocycles. The maximum atomic E-state index is 11.8. The minimum absolute atomic E-state index is 0.0702. The second kappa shape index (κ2) is 5.29. The lowest BCUT2D eigenvalue weighted by Gasteiger charge is -2.19. The lowest BCUT2D eigenvalue weighted by molar-refractivity contribution is -0.118. The molecule has 1 heterocycles. The van der Waals surface area contributed by atoms with Gasteiger partial charge < -0.3 is 15.4 Å². The molecule has 1 aromatic rings. The number of aryl methyl sites for hydroxylation is 1. The number of hydrogen-bond acceptors (Lipinski definition) is 3. The van der Waals surface area contributed by atoms with Crippen molar-refractivity contribution in [1.82, 2.24) is 0 Å². The Bertz CT molecular complexity index is 457. The molecule has 4 heteroatoms. The van der Waals surface area contributed by atoms with Gasteiger partial charge in [-0.15, -0.1) is 0 Å². The average molecular weight is 248 g/mol. The molecule has 0 unspecified atom stereocenters. The van der Waals surface area contributed by atoms with Gasteiger partial charge in [0.1, 0.15) is 0 Å². The summed E-state index contributed by atoms with van der Waals surface area (Å²) < 4.78 is 5.59. The third kappa shape index (κ3) is 2.42. The Morgan fingerprint density at radius 3 is 2.94 bits per heavy atom. The first kappa shape index (κ1) is 12.7. The summed E-state index contributed by atoms with van der Waals surface area (Å²) in [5.74, 6) is 0.712. The van der Waals surface area contributed by atoms with E-state index in [-0.39, 0.29) is 5.91 Å². The number of ether oxygens (including phenoxy) is 1. The zero-order chi connectivity index (χ0) is 13.1. The van der Waals surface area contributed by atoms with Crippen LogP contribution in [0.2, 0.25) is 0 Å². The third-order valence-electron chi connectivity index (χ3n) is 3.27. The summed E-state index contributed by atoms with van der Waals surface area (Å²) in [4.78, 5) is 13.5. The number of nitrogens with two attached hydrogens (primary N) is 1. The van der Waals surface area contributed by atoms with Gasteiger partial charge in [-0.05, 0) is 30.5 Å². The highest BCUT2D eigenvalue weighted by molar-refractivity contribution is 5.96. The molecule has 1 aliphatic rings. The fraction of sp³-hybridized carbons (Fsp3) is 0.500. The third-order valence-corrected chi connectivity index (χ3v) is 3.27. The van der Waals surface area contributed by atoms with E-state index in [0.29, 0.717) is 24.5 Å². The first-order chi connectivity index (χ1) is 8.63. The average Bonchev–Trinajstić information content (AvgIpc) is 2.49. The van der Waals surface area contributed by atoms with E-state index in [0.717, 1.165) is 24.9 Å². The number of carbonyl (C=O) groups is 1. The highest BCUT2D eigenvalue weighted by Crippen LogP contribution is 2.37. The predicted octanol–water partition coefficient (Wildman–Crippen LogP) is 2.36. The molecule has 18 heavy (non-hydrogen) atoms. The van der Waals surface area contributed by atoms with Crippen molar-refractivity contribution in [1.29, 1.82) is 0 Å². The molecular weight excluding hydrogens is 228 g/mol. The van der Waals surface area contributed by atoms with Gasteiger partial charge in [-0.2, -0.15) is 0 Å². The monoisotopic (exact) mass is 248 g/mol. The van der Waals surface area contributed by atoms with Crippen LogP contribution in [0.3, 0.4) is 0 Å². The van der Waals surface area contributed by atoms with Crippen molar-refractivity contribution in [3.05, 3.63) is 17.7 Å². The molecule has 0 fully saturated rings. The summed E-state index contributed by atoms with van der Waals surface area (Å²) in [6.45, 7) is 2.56. The maximum absolute atomic E-state index is 11.8. The summed E-state index contributed by atoms with van der Waals surface area (Å²) in [6, 6.07) is 3.97. The van der Waals surface area contributed by atoms with Crippen LogP contribution in [0.5, 0.6) is 5.75 Å². The quantitative estimate of drug-likeness (QED) is 0.835. The van der Waals surface area contributed by atoms with Crippen LogP contribution in [0.25, 0.3) is 0 Å². The molecule has 98 valence electrons. The summed E-state index contributed by atoms with van der Waals surface area (Å²) in [5, 5.41) is 0. The zero-order valence-corrected chi connectivity index (χ0v) is 11.0. The molecule has 0 spiro atoms. The minimum Gasteiger partial charge on any atom is -0.489 e. The molecule has 1 aliphatic heterocycles. The minimum atomic E-state index is 0.0702. The van der Waals surface area contributed by atoms with Gasteiger partial charge in [-0.3, -0.25) is 4.79 Å². The van der Waals surface area contributed by atoms with Gasteiger partial charge in [-0.1, -0.05) is 13.3 Å². The molecule has 4 nitrogen and oxygen atoms in total. The Labute approximate surface area is 108 Å².